The molecule has 164 valence electrons. The highest BCUT2D eigenvalue weighted by atomic mass is 16.6. The van der Waals surface area contributed by atoms with Crippen molar-refractivity contribution in [2.24, 2.45) is 0 Å². The van der Waals surface area contributed by atoms with Gasteiger partial charge in [-0.15, -0.1) is 0 Å². The second-order valence-corrected chi connectivity index (χ2v) is 7.29. The van der Waals surface area contributed by atoms with Crippen LogP contribution in [0, 0.1) is 0 Å². The molecule has 0 saturated heterocycles. The molecular formula is C24H30N4O3. The van der Waals surface area contributed by atoms with Gasteiger partial charge in [-0.1, -0.05) is 42.5 Å². The minimum absolute atomic E-state index is 0.181. The van der Waals surface area contributed by atoms with Crippen molar-refractivity contribution < 1.29 is 14.9 Å². The molecule has 0 radical (unpaired) electrons. The van der Waals surface area contributed by atoms with Crippen LogP contribution in [0.5, 0.6) is 0 Å². The normalized spacial score (nSPS) is 14.3. The zero-order valence-corrected chi connectivity index (χ0v) is 17.6. The highest BCUT2D eigenvalue weighted by Crippen LogP contribution is 2.18. The summed E-state index contributed by atoms with van der Waals surface area (Å²) in [5.74, 6) is 0. The molecule has 3 rings (SSSR count). The number of pyridine rings is 2. The lowest BCUT2D eigenvalue weighted by Crippen LogP contribution is -2.48. The van der Waals surface area contributed by atoms with Gasteiger partial charge >= 0.3 is 0 Å². The molecule has 0 aliphatic heterocycles. The van der Waals surface area contributed by atoms with Crippen LogP contribution in [-0.4, -0.2) is 52.4 Å². The van der Waals surface area contributed by atoms with E-state index < -0.39 is 18.6 Å². The predicted octanol–water partition coefficient (Wildman–Crippen LogP) is 2.03. The number of aromatic nitrogens is 2. The first-order chi connectivity index (χ1) is 15.2. The summed E-state index contributed by atoms with van der Waals surface area (Å²) in [6.45, 7) is 0.521. The molecule has 0 fully saturated rings. The zero-order valence-electron chi connectivity index (χ0n) is 17.6. The number of rotatable bonds is 12. The number of nitrogens with one attached hydrogen (secondary N) is 2. The van der Waals surface area contributed by atoms with Gasteiger partial charge < -0.3 is 20.3 Å². The molecule has 0 aliphatic rings. The summed E-state index contributed by atoms with van der Waals surface area (Å²) in [5, 5.41) is 27.3. The second-order valence-electron chi connectivity index (χ2n) is 7.29. The Bertz CT molecular complexity index is 828. The van der Waals surface area contributed by atoms with E-state index in [1.807, 2.05) is 66.7 Å². The summed E-state index contributed by atoms with van der Waals surface area (Å²) in [7, 11) is 1.45. The number of ether oxygens (including phenoxy) is 1. The molecule has 0 saturated carbocycles. The van der Waals surface area contributed by atoms with Gasteiger partial charge in [0.25, 0.3) is 0 Å². The number of hydrogen-bond donors (Lipinski definition) is 4. The molecule has 3 atom stereocenters. The van der Waals surface area contributed by atoms with Gasteiger partial charge in [0, 0.05) is 19.5 Å². The summed E-state index contributed by atoms with van der Waals surface area (Å²) in [4.78, 5) is 8.91. The first-order valence-electron chi connectivity index (χ1n) is 10.4. The summed E-state index contributed by atoms with van der Waals surface area (Å²) in [6.07, 6.45) is 2.62. The first-order valence-corrected chi connectivity index (χ1v) is 10.4. The van der Waals surface area contributed by atoms with Crippen molar-refractivity contribution in [1.82, 2.24) is 20.6 Å². The fourth-order valence-electron chi connectivity index (χ4n) is 3.42. The van der Waals surface area contributed by atoms with Crippen LogP contribution in [0.15, 0.2) is 79.1 Å². The molecular weight excluding hydrogens is 392 g/mol. The van der Waals surface area contributed by atoms with Crippen molar-refractivity contribution in [2.75, 3.05) is 13.7 Å². The van der Waals surface area contributed by atoms with Gasteiger partial charge in [-0.05, 0) is 49.2 Å². The van der Waals surface area contributed by atoms with E-state index in [0.717, 1.165) is 17.0 Å². The van der Waals surface area contributed by atoms with Gasteiger partial charge in [0.05, 0.1) is 23.5 Å². The lowest BCUT2D eigenvalue weighted by molar-refractivity contribution is -0.106. The maximum Gasteiger partial charge on any atom is 0.169 e. The Kier molecular flexibility index (Phi) is 9.08. The van der Waals surface area contributed by atoms with Crippen LogP contribution >= 0.6 is 0 Å². The molecule has 7 heteroatoms. The molecule has 7 nitrogen and oxygen atoms in total. The van der Waals surface area contributed by atoms with Crippen LogP contribution in [0.4, 0.5) is 0 Å². The van der Waals surface area contributed by atoms with Crippen molar-refractivity contribution >= 4 is 0 Å². The van der Waals surface area contributed by atoms with E-state index in [-0.39, 0.29) is 6.04 Å². The van der Waals surface area contributed by atoms with Crippen LogP contribution in [0.1, 0.15) is 29.4 Å². The van der Waals surface area contributed by atoms with Crippen LogP contribution in [-0.2, 0) is 11.2 Å². The Morgan fingerprint density at radius 3 is 2.03 bits per heavy atom. The predicted molar refractivity (Wildman–Crippen MR) is 119 cm³/mol. The van der Waals surface area contributed by atoms with E-state index in [0.29, 0.717) is 19.4 Å². The molecule has 31 heavy (non-hydrogen) atoms. The van der Waals surface area contributed by atoms with Crippen molar-refractivity contribution in [3.05, 3.63) is 96.1 Å². The number of aliphatic hydroxyl groups is 2. The SMILES string of the molecule is COC(O)C(Cc1ccccc1)NC(O)CCNC(c1ccccn1)c1ccccn1. The smallest absolute Gasteiger partial charge is 0.169 e. The molecule has 1 aromatic carbocycles. The summed E-state index contributed by atoms with van der Waals surface area (Å²) in [5.41, 5.74) is 2.77. The van der Waals surface area contributed by atoms with Crippen LogP contribution in [0.3, 0.4) is 0 Å². The maximum atomic E-state index is 10.5. The minimum Gasteiger partial charge on any atom is -0.379 e. The van der Waals surface area contributed by atoms with Crippen molar-refractivity contribution in [3.63, 3.8) is 0 Å². The van der Waals surface area contributed by atoms with Crippen LogP contribution < -0.4 is 10.6 Å². The molecule has 3 unspecified atom stereocenters. The Labute approximate surface area is 183 Å². The topological polar surface area (TPSA) is 99.5 Å². The number of nitrogens with zero attached hydrogens (tertiary/aromatic N) is 2. The third-order valence-corrected chi connectivity index (χ3v) is 5.02. The van der Waals surface area contributed by atoms with E-state index >= 15 is 0 Å². The van der Waals surface area contributed by atoms with Crippen LogP contribution in [0.25, 0.3) is 0 Å². The lowest BCUT2D eigenvalue weighted by atomic mass is 10.0. The molecule has 2 aromatic heterocycles. The van der Waals surface area contributed by atoms with Gasteiger partial charge in [-0.3, -0.25) is 15.3 Å². The fourth-order valence-corrected chi connectivity index (χ4v) is 3.42. The molecule has 0 spiro atoms. The fraction of sp³-hybridized carbons (Fsp3) is 0.333. The van der Waals surface area contributed by atoms with E-state index in [4.69, 9.17) is 4.74 Å². The Morgan fingerprint density at radius 2 is 1.48 bits per heavy atom. The molecule has 2 heterocycles. The maximum absolute atomic E-state index is 10.5. The lowest BCUT2D eigenvalue weighted by Gasteiger charge is -2.26. The number of aliphatic hydroxyl groups excluding tert-OH is 2. The summed E-state index contributed by atoms with van der Waals surface area (Å²) < 4.78 is 5.09. The zero-order chi connectivity index (χ0) is 21.9. The van der Waals surface area contributed by atoms with Gasteiger partial charge in [-0.25, -0.2) is 0 Å². The Balaban J connectivity index is 1.58. The van der Waals surface area contributed by atoms with Crippen molar-refractivity contribution in [2.45, 2.75) is 37.4 Å². The second kappa shape index (κ2) is 12.2. The van der Waals surface area contributed by atoms with E-state index in [1.165, 1.54) is 7.11 Å². The monoisotopic (exact) mass is 422 g/mol. The highest BCUT2D eigenvalue weighted by molar-refractivity contribution is 5.21. The van der Waals surface area contributed by atoms with Gasteiger partial charge in [0.2, 0.25) is 0 Å². The van der Waals surface area contributed by atoms with E-state index in [2.05, 4.69) is 20.6 Å². The first kappa shape index (κ1) is 23.0. The molecule has 0 bridgehead atoms. The quantitative estimate of drug-likeness (QED) is 0.332. The Morgan fingerprint density at radius 1 is 0.871 bits per heavy atom. The molecule has 0 amide bonds. The van der Waals surface area contributed by atoms with Crippen molar-refractivity contribution in [1.29, 1.82) is 0 Å². The third-order valence-electron chi connectivity index (χ3n) is 5.02. The third kappa shape index (κ3) is 7.20. The summed E-state index contributed by atoms with van der Waals surface area (Å²) >= 11 is 0. The minimum atomic E-state index is -1.03. The summed E-state index contributed by atoms with van der Waals surface area (Å²) in [6, 6.07) is 20.7. The van der Waals surface area contributed by atoms with Crippen molar-refractivity contribution in [3.8, 4) is 0 Å². The molecule has 0 aliphatic carbocycles. The molecule has 3 aromatic rings. The average molecular weight is 423 g/mol. The number of methoxy groups -OCH3 is 1. The largest absolute Gasteiger partial charge is 0.379 e. The number of hydrogen-bond acceptors (Lipinski definition) is 7. The van der Waals surface area contributed by atoms with Gasteiger partial charge in [-0.2, -0.15) is 0 Å². The van der Waals surface area contributed by atoms with Gasteiger partial charge in [0.15, 0.2) is 6.29 Å². The van der Waals surface area contributed by atoms with E-state index in [1.54, 1.807) is 12.4 Å². The molecule has 4 N–H and O–H groups in total. The highest BCUT2D eigenvalue weighted by Gasteiger charge is 2.22. The average Bonchev–Trinajstić information content (AvgIpc) is 2.82. The standard InChI is InChI=1S/C24H30N4O3/c1-31-24(30)21(17-18-9-3-2-4-10-18)28-22(29)13-16-27-23(19-11-5-7-14-25-19)20-12-6-8-15-26-20/h2-12,14-15,21-24,27-30H,13,16-17H2,1H3. The van der Waals surface area contributed by atoms with Crippen LogP contribution in [0.2, 0.25) is 0 Å². The Hall–Kier alpha value is -2.68. The number of benzene rings is 1. The van der Waals surface area contributed by atoms with E-state index in [9.17, 15) is 10.2 Å². The van der Waals surface area contributed by atoms with Gasteiger partial charge in [0.1, 0.15) is 6.23 Å².